The van der Waals surface area contributed by atoms with Gasteiger partial charge in [-0.25, -0.2) is 4.98 Å². The fourth-order valence-electron chi connectivity index (χ4n) is 3.67. The molecular weight excluding hydrogens is 386 g/mol. The summed E-state index contributed by atoms with van der Waals surface area (Å²) < 4.78 is 6.06. The molecule has 1 saturated heterocycles. The van der Waals surface area contributed by atoms with Gasteiger partial charge in [-0.15, -0.1) is 0 Å². The highest BCUT2D eigenvalue weighted by atomic mass is 16.5. The first kappa shape index (κ1) is 19.8. The summed E-state index contributed by atoms with van der Waals surface area (Å²) in [5.74, 6) is -0.726. The fraction of sp³-hybridized carbons (Fsp3) is 0.333. The van der Waals surface area contributed by atoms with E-state index in [9.17, 15) is 14.7 Å². The lowest BCUT2D eigenvalue weighted by Gasteiger charge is -2.42. The normalized spacial score (nSPS) is 18.3. The van der Waals surface area contributed by atoms with Crippen LogP contribution in [0.1, 0.15) is 34.6 Å². The molecule has 3 N–H and O–H groups in total. The standard InChI is InChI=1S/C21H23N5O4/c1-21(2)12-26(20(29)16-4-5-22-10-17(16)27)11-15(30-21)9-25-19(28)14-7-13-3-6-23-18(13)24-8-14/h3-8,10,15,27H,9,11-12H2,1-2H3,(H,23,24)(H,25,28). The Balaban J connectivity index is 1.43. The van der Waals surface area contributed by atoms with E-state index in [-0.39, 0.29) is 29.7 Å². The van der Waals surface area contributed by atoms with Gasteiger partial charge in [0.25, 0.3) is 11.8 Å². The number of fused-ring (bicyclic) bond motifs is 1. The van der Waals surface area contributed by atoms with Crippen LogP contribution < -0.4 is 5.32 Å². The Morgan fingerprint density at radius 2 is 2.20 bits per heavy atom. The SMILES string of the molecule is CC1(C)CN(C(=O)c2ccncc2O)CC(CNC(=O)c2cnc3[nH]ccc3c2)O1. The molecule has 0 aliphatic carbocycles. The molecule has 3 aromatic heterocycles. The van der Waals surface area contributed by atoms with Crippen molar-refractivity contribution in [2.45, 2.75) is 25.6 Å². The van der Waals surface area contributed by atoms with Crippen LogP contribution in [-0.4, -0.2) is 68.1 Å². The zero-order valence-corrected chi connectivity index (χ0v) is 16.8. The number of pyridine rings is 2. The van der Waals surface area contributed by atoms with Crippen LogP contribution >= 0.6 is 0 Å². The molecule has 9 nitrogen and oxygen atoms in total. The fourth-order valence-corrected chi connectivity index (χ4v) is 3.67. The largest absolute Gasteiger partial charge is 0.505 e. The molecule has 9 heteroatoms. The summed E-state index contributed by atoms with van der Waals surface area (Å²) in [5.41, 5.74) is 0.762. The molecule has 1 fully saturated rings. The molecule has 1 atom stereocenters. The third-order valence-corrected chi connectivity index (χ3v) is 4.95. The summed E-state index contributed by atoms with van der Waals surface area (Å²) in [5, 5.41) is 13.7. The summed E-state index contributed by atoms with van der Waals surface area (Å²) in [4.78, 5) is 38.1. The van der Waals surface area contributed by atoms with E-state index < -0.39 is 11.7 Å². The van der Waals surface area contributed by atoms with Crippen LogP contribution in [0.4, 0.5) is 0 Å². The van der Waals surface area contributed by atoms with Crippen molar-refractivity contribution < 1.29 is 19.4 Å². The van der Waals surface area contributed by atoms with Crippen LogP contribution in [0, 0.1) is 0 Å². The molecule has 0 saturated carbocycles. The predicted octanol–water partition coefficient (Wildman–Crippen LogP) is 1.71. The monoisotopic (exact) mass is 409 g/mol. The van der Waals surface area contributed by atoms with E-state index in [1.807, 2.05) is 19.9 Å². The van der Waals surface area contributed by atoms with Gasteiger partial charge in [0.05, 0.1) is 29.0 Å². The Morgan fingerprint density at radius 3 is 3.00 bits per heavy atom. The van der Waals surface area contributed by atoms with Crippen LogP contribution in [0.25, 0.3) is 11.0 Å². The Labute approximate surface area is 173 Å². The maximum absolute atomic E-state index is 12.9. The van der Waals surface area contributed by atoms with Crippen LogP contribution in [0.15, 0.2) is 43.0 Å². The van der Waals surface area contributed by atoms with Crippen molar-refractivity contribution in [2.75, 3.05) is 19.6 Å². The van der Waals surface area contributed by atoms with Crippen molar-refractivity contribution in [2.24, 2.45) is 0 Å². The summed E-state index contributed by atoms with van der Waals surface area (Å²) >= 11 is 0. The van der Waals surface area contributed by atoms with Crippen molar-refractivity contribution in [1.29, 1.82) is 0 Å². The van der Waals surface area contributed by atoms with E-state index in [4.69, 9.17) is 4.74 Å². The molecule has 2 amide bonds. The van der Waals surface area contributed by atoms with Gasteiger partial charge < -0.3 is 25.0 Å². The van der Waals surface area contributed by atoms with E-state index >= 15 is 0 Å². The molecule has 0 bridgehead atoms. The zero-order valence-electron chi connectivity index (χ0n) is 16.8. The number of H-pyrrole nitrogens is 1. The molecule has 0 radical (unpaired) electrons. The highest BCUT2D eigenvalue weighted by molar-refractivity contribution is 5.97. The van der Waals surface area contributed by atoms with Gasteiger partial charge in [0, 0.05) is 43.6 Å². The lowest BCUT2D eigenvalue weighted by atomic mass is 10.0. The van der Waals surface area contributed by atoms with Crippen LogP contribution in [-0.2, 0) is 4.74 Å². The zero-order chi connectivity index (χ0) is 21.3. The van der Waals surface area contributed by atoms with E-state index in [0.29, 0.717) is 18.7 Å². The molecule has 4 heterocycles. The van der Waals surface area contributed by atoms with E-state index in [0.717, 1.165) is 11.0 Å². The summed E-state index contributed by atoms with van der Waals surface area (Å²) in [6, 6.07) is 5.10. The average Bonchev–Trinajstić information content (AvgIpc) is 3.18. The molecule has 0 aromatic carbocycles. The van der Waals surface area contributed by atoms with Gasteiger partial charge in [-0.3, -0.25) is 14.6 Å². The third kappa shape index (κ3) is 4.11. The van der Waals surface area contributed by atoms with Gasteiger partial charge in [-0.2, -0.15) is 0 Å². The highest BCUT2D eigenvalue weighted by Gasteiger charge is 2.36. The minimum atomic E-state index is -0.600. The van der Waals surface area contributed by atoms with Crippen LogP contribution in [0.2, 0.25) is 0 Å². The molecule has 1 unspecified atom stereocenters. The van der Waals surface area contributed by atoms with Crippen molar-refractivity contribution >= 4 is 22.8 Å². The Hall–Kier alpha value is -3.46. The second-order valence-electron chi connectivity index (χ2n) is 7.93. The molecule has 0 spiro atoms. The topological polar surface area (TPSA) is 120 Å². The Kier molecular flexibility index (Phi) is 5.13. The number of aromatic hydroxyl groups is 1. The van der Waals surface area contributed by atoms with E-state index in [2.05, 4.69) is 20.3 Å². The number of carbonyl (C=O) groups excluding carboxylic acids is 2. The van der Waals surface area contributed by atoms with Gasteiger partial charge in [0.2, 0.25) is 0 Å². The van der Waals surface area contributed by atoms with Gasteiger partial charge in [0.1, 0.15) is 11.4 Å². The molecule has 3 aromatic rings. The number of aromatic amines is 1. The maximum Gasteiger partial charge on any atom is 0.257 e. The van der Waals surface area contributed by atoms with Crippen LogP contribution in [0.5, 0.6) is 5.75 Å². The summed E-state index contributed by atoms with van der Waals surface area (Å²) in [6.07, 6.45) is 5.60. The van der Waals surface area contributed by atoms with Gasteiger partial charge in [-0.05, 0) is 32.0 Å². The number of amides is 2. The third-order valence-electron chi connectivity index (χ3n) is 4.95. The number of hydrogen-bond donors (Lipinski definition) is 3. The quantitative estimate of drug-likeness (QED) is 0.603. The number of aromatic nitrogens is 3. The molecule has 1 aliphatic rings. The number of rotatable bonds is 4. The molecular formula is C21H23N5O4. The first-order valence-electron chi connectivity index (χ1n) is 9.64. The predicted molar refractivity (Wildman–Crippen MR) is 109 cm³/mol. The molecule has 156 valence electrons. The molecule has 30 heavy (non-hydrogen) atoms. The summed E-state index contributed by atoms with van der Waals surface area (Å²) in [6.45, 7) is 4.67. The smallest absolute Gasteiger partial charge is 0.257 e. The van der Waals surface area contributed by atoms with E-state index in [1.54, 1.807) is 17.2 Å². The van der Waals surface area contributed by atoms with Gasteiger partial charge in [-0.1, -0.05) is 0 Å². The lowest BCUT2D eigenvalue weighted by Crippen LogP contribution is -2.57. The van der Waals surface area contributed by atoms with Crippen molar-refractivity contribution in [1.82, 2.24) is 25.2 Å². The second kappa shape index (κ2) is 7.75. The minimum Gasteiger partial charge on any atom is -0.505 e. The van der Waals surface area contributed by atoms with Crippen molar-refractivity contribution in [3.8, 4) is 5.75 Å². The Morgan fingerprint density at radius 1 is 1.37 bits per heavy atom. The van der Waals surface area contributed by atoms with Crippen LogP contribution in [0.3, 0.4) is 0 Å². The first-order valence-corrected chi connectivity index (χ1v) is 9.64. The highest BCUT2D eigenvalue weighted by Crippen LogP contribution is 2.24. The number of carbonyl (C=O) groups is 2. The number of morpholine rings is 1. The van der Waals surface area contributed by atoms with Crippen molar-refractivity contribution in [3.05, 3.63) is 54.1 Å². The summed E-state index contributed by atoms with van der Waals surface area (Å²) in [7, 11) is 0. The number of nitrogens with one attached hydrogen (secondary N) is 2. The maximum atomic E-state index is 12.9. The van der Waals surface area contributed by atoms with E-state index in [1.165, 1.54) is 24.7 Å². The number of nitrogens with zero attached hydrogens (tertiary/aromatic N) is 3. The number of hydrogen-bond acceptors (Lipinski definition) is 6. The second-order valence-corrected chi connectivity index (χ2v) is 7.93. The minimum absolute atomic E-state index is 0.163. The molecule has 1 aliphatic heterocycles. The first-order chi connectivity index (χ1) is 14.3. The van der Waals surface area contributed by atoms with Gasteiger partial charge in [0.15, 0.2) is 0 Å². The van der Waals surface area contributed by atoms with Crippen molar-refractivity contribution in [3.63, 3.8) is 0 Å². The number of ether oxygens (including phenoxy) is 1. The Bertz CT molecular complexity index is 1090. The molecule has 4 rings (SSSR count). The lowest BCUT2D eigenvalue weighted by molar-refractivity contribution is -0.123. The van der Waals surface area contributed by atoms with Gasteiger partial charge >= 0.3 is 0 Å². The average molecular weight is 409 g/mol.